The number of hydrogen-bond donors (Lipinski definition) is 1. The van der Waals surface area contributed by atoms with Gasteiger partial charge in [-0.05, 0) is 54.9 Å². The molecule has 8 rings (SSSR count). The van der Waals surface area contributed by atoms with E-state index in [9.17, 15) is 14.7 Å². The van der Waals surface area contributed by atoms with Crippen molar-refractivity contribution in [1.29, 1.82) is 0 Å². The van der Waals surface area contributed by atoms with Gasteiger partial charge in [-0.15, -0.1) is 0 Å². The topological polar surface area (TPSA) is 104 Å². The second-order valence-electron chi connectivity index (χ2n) is 14.1. The van der Waals surface area contributed by atoms with Crippen LogP contribution in [0.4, 0.5) is 15.8 Å². The molecule has 3 fully saturated rings. The van der Waals surface area contributed by atoms with E-state index in [1.54, 1.807) is 13.2 Å². The summed E-state index contributed by atoms with van der Waals surface area (Å²) >= 11 is 6.07. The highest BCUT2D eigenvalue weighted by Crippen LogP contribution is 2.38. The van der Waals surface area contributed by atoms with E-state index in [1.165, 1.54) is 12.3 Å². The highest BCUT2D eigenvalue weighted by atomic mass is 32.1. The molecule has 3 aliphatic rings. The smallest absolute Gasteiger partial charge is 0.341 e. The fourth-order valence-corrected chi connectivity index (χ4v) is 7.85. The van der Waals surface area contributed by atoms with Crippen LogP contribution < -0.4 is 20.0 Å². The minimum absolute atomic E-state index is 0.103. The third kappa shape index (κ3) is 7.18. The first kappa shape index (κ1) is 35.0. The fourth-order valence-electron chi connectivity index (χ4n) is 7.59. The molecule has 276 valence electrons. The summed E-state index contributed by atoms with van der Waals surface area (Å²) in [6, 6.07) is 21.5. The number of aromatic nitrogens is 4. The van der Waals surface area contributed by atoms with E-state index < -0.39 is 17.2 Å². The Bertz CT molecular complexity index is 2250. The molecule has 0 radical (unpaired) electrons. The molecule has 14 heteroatoms. The van der Waals surface area contributed by atoms with Gasteiger partial charge in [0, 0.05) is 70.0 Å². The molecule has 1 N–H and O–H groups in total. The predicted molar refractivity (Wildman–Crippen MR) is 204 cm³/mol. The Hall–Kier alpha value is -5.05. The normalized spacial score (nSPS) is 17.1. The quantitative estimate of drug-likeness (QED) is 0.185. The molecule has 4 heterocycles. The van der Waals surface area contributed by atoms with Crippen LogP contribution in [0, 0.1) is 10.6 Å². The Morgan fingerprint density at radius 3 is 2.23 bits per heavy atom. The van der Waals surface area contributed by atoms with Gasteiger partial charge in [-0.2, -0.15) is 5.10 Å². The molecule has 0 bridgehead atoms. The van der Waals surface area contributed by atoms with Crippen LogP contribution in [0.3, 0.4) is 0 Å². The maximum atomic E-state index is 15.6. The molecule has 1 saturated carbocycles. The third-order valence-corrected chi connectivity index (χ3v) is 11.1. The van der Waals surface area contributed by atoms with Crippen LogP contribution in [0.1, 0.15) is 40.6 Å². The summed E-state index contributed by atoms with van der Waals surface area (Å²) in [6.07, 6.45) is 3.21. The van der Waals surface area contributed by atoms with E-state index in [1.807, 2.05) is 50.5 Å². The molecular formula is C39H43FN8O4S. The maximum absolute atomic E-state index is 15.6. The number of carboxylic acids is 1. The zero-order valence-electron chi connectivity index (χ0n) is 29.7. The van der Waals surface area contributed by atoms with Crippen LogP contribution in [0.25, 0.3) is 10.9 Å². The molecule has 12 nitrogen and oxygen atoms in total. The Kier molecular flexibility index (Phi) is 9.75. The molecule has 1 aliphatic carbocycles. The lowest BCUT2D eigenvalue weighted by molar-refractivity contribution is 0.0694. The molecule has 5 aromatic rings. The molecule has 3 aromatic carbocycles. The van der Waals surface area contributed by atoms with Gasteiger partial charge in [0.05, 0.1) is 43.8 Å². The van der Waals surface area contributed by atoms with Crippen LogP contribution in [0.15, 0.2) is 77.7 Å². The number of ether oxygens (including phenoxy) is 1. The van der Waals surface area contributed by atoms with Gasteiger partial charge in [-0.25, -0.2) is 13.9 Å². The van der Waals surface area contributed by atoms with E-state index in [0.29, 0.717) is 61.9 Å². The van der Waals surface area contributed by atoms with Gasteiger partial charge < -0.3 is 24.2 Å². The lowest BCUT2D eigenvalue weighted by Gasteiger charge is -2.36. The van der Waals surface area contributed by atoms with Gasteiger partial charge >= 0.3 is 5.97 Å². The predicted octanol–water partition coefficient (Wildman–Crippen LogP) is 5.06. The molecule has 2 saturated heterocycles. The summed E-state index contributed by atoms with van der Waals surface area (Å²) in [5.41, 5.74) is 2.28. The van der Waals surface area contributed by atoms with Crippen LogP contribution in [0.5, 0.6) is 5.75 Å². The molecule has 0 atom stereocenters. The molecule has 2 aromatic heterocycles. The highest BCUT2D eigenvalue weighted by Gasteiger charge is 2.29. The highest BCUT2D eigenvalue weighted by molar-refractivity contribution is 7.71. The number of pyridine rings is 1. The first-order valence-corrected chi connectivity index (χ1v) is 18.6. The first-order chi connectivity index (χ1) is 25.8. The van der Waals surface area contributed by atoms with Crippen LogP contribution >= 0.6 is 12.2 Å². The molecule has 0 unspecified atom stereocenters. The Morgan fingerprint density at radius 2 is 1.55 bits per heavy atom. The number of piperazine rings is 2. The largest absolute Gasteiger partial charge is 0.495 e. The summed E-state index contributed by atoms with van der Waals surface area (Å²) < 4.78 is 27.8. The van der Waals surface area contributed by atoms with E-state index >= 15 is 4.39 Å². The van der Waals surface area contributed by atoms with Crippen molar-refractivity contribution in [2.45, 2.75) is 38.6 Å². The summed E-state index contributed by atoms with van der Waals surface area (Å²) in [4.78, 5) is 33.8. The number of para-hydroxylation sites is 2. The lowest BCUT2D eigenvalue weighted by Crippen LogP contribution is -2.47. The molecular weight excluding hydrogens is 696 g/mol. The molecule has 2 aliphatic heterocycles. The van der Waals surface area contributed by atoms with Crippen LogP contribution in [-0.4, -0.2) is 99.3 Å². The van der Waals surface area contributed by atoms with Crippen molar-refractivity contribution in [3.63, 3.8) is 0 Å². The number of hydrogen-bond acceptors (Lipinski definition) is 9. The molecule has 0 spiro atoms. The number of carbonyl (C=O) groups is 1. The number of nitrogens with zero attached hydrogens (tertiary/aromatic N) is 8. The lowest BCUT2D eigenvalue weighted by atomic mass is 10.1. The average Bonchev–Trinajstić information content (AvgIpc) is 3.99. The number of benzene rings is 3. The van der Waals surface area contributed by atoms with Gasteiger partial charge in [0.15, 0.2) is 4.77 Å². The first-order valence-electron chi connectivity index (χ1n) is 18.2. The summed E-state index contributed by atoms with van der Waals surface area (Å²) in [7, 11) is 1.71. The summed E-state index contributed by atoms with van der Waals surface area (Å²) in [5.74, 6) is -0.0143. The van der Waals surface area contributed by atoms with Crippen molar-refractivity contribution in [2.75, 3.05) is 69.3 Å². The Labute approximate surface area is 311 Å². The van der Waals surface area contributed by atoms with E-state index in [2.05, 4.69) is 37.5 Å². The van der Waals surface area contributed by atoms with Gasteiger partial charge in [-0.1, -0.05) is 42.5 Å². The number of anilines is 2. The maximum Gasteiger partial charge on any atom is 0.341 e. The summed E-state index contributed by atoms with van der Waals surface area (Å²) in [6.45, 7) is 7.83. The summed E-state index contributed by atoms with van der Waals surface area (Å²) in [5, 5.41) is 14.8. The van der Waals surface area contributed by atoms with Crippen LogP contribution in [-0.2, 0) is 19.8 Å². The van der Waals surface area contributed by atoms with Gasteiger partial charge in [0.25, 0.3) is 0 Å². The SMILES string of the molecule is COc1ccccc1N1CCN(Cc2nn(CN3CCN(c4cc5c(cc4F)c(=O)c(C(=O)O)cn5C4CC4)CC3)c(=S)n2Cc2ccccc2)CC1. The number of halogens is 1. The Morgan fingerprint density at radius 1 is 0.887 bits per heavy atom. The van der Waals surface area contributed by atoms with Crippen molar-refractivity contribution < 1.29 is 19.0 Å². The minimum Gasteiger partial charge on any atom is -0.495 e. The monoisotopic (exact) mass is 738 g/mol. The number of carboxylic acid groups (broad SMARTS) is 1. The van der Waals surface area contributed by atoms with Gasteiger partial charge in [-0.3, -0.25) is 19.2 Å². The van der Waals surface area contributed by atoms with Crippen molar-refractivity contribution in [3.05, 3.63) is 111 Å². The van der Waals surface area contributed by atoms with E-state index in [4.69, 9.17) is 22.1 Å². The van der Waals surface area contributed by atoms with Crippen molar-refractivity contribution in [2.24, 2.45) is 0 Å². The van der Waals surface area contributed by atoms with E-state index in [0.717, 1.165) is 61.8 Å². The van der Waals surface area contributed by atoms with Gasteiger partial charge in [0.2, 0.25) is 5.43 Å². The zero-order chi connectivity index (χ0) is 36.6. The minimum atomic E-state index is -1.30. The van der Waals surface area contributed by atoms with Crippen molar-refractivity contribution in [1.82, 2.24) is 28.7 Å². The number of aromatic carboxylic acids is 1. The Balaban J connectivity index is 0.976. The van der Waals surface area contributed by atoms with Crippen molar-refractivity contribution in [3.8, 4) is 5.75 Å². The third-order valence-electron chi connectivity index (χ3n) is 10.7. The number of methoxy groups -OCH3 is 1. The molecule has 0 amide bonds. The number of rotatable bonds is 11. The second-order valence-corrected chi connectivity index (χ2v) is 14.5. The van der Waals surface area contributed by atoms with Crippen molar-refractivity contribution >= 4 is 40.5 Å². The van der Waals surface area contributed by atoms with E-state index in [-0.39, 0.29) is 17.0 Å². The van der Waals surface area contributed by atoms with Crippen LogP contribution in [0.2, 0.25) is 0 Å². The number of fused-ring (bicyclic) bond motifs is 1. The zero-order valence-corrected chi connectivity index (χ0v) is 30.6. The van der Waals surface area contributed by atoms with Gasteiger partial charge in [0.1, 0.15) is 23.0 Å². The second kappa shape index (κ2) is 14.8. The molecule has 53 heavy (non-hydrogen) atoms. The fraction of sp³-hybridized carbons (Fsp3) is 0.385. The average molecular weight is 739 g/mol. The standard InChI is InChI=1S/C39H43FN8O4S/c1-52-35-10-6-5-9-32(35)44-17-13-42(14-18-44)25-36-41-48(39(53)47(36)23-27-7-3-2-4-8-27)26-43-15-19-45(20-16-43)34-22-33-29(21-31(34)40)37(49)30(38(50)51)24-46(33)28-11-12-28/h2-10,21-22,24,28H,11-20,23,25-26H2,1H3,(H,50,51).